The van der Waals surface area contributed by atoms with Crippen LogP contribution in [0.25, 0.3) is 0 Å². The number of Topliss-reactive ketones (excluding diaryl/α,β-unsaturated/α-hetero) is 1. The Hall–Kier alpha value is -1.59. The van der Waals surface area contributed by atoms with Crippen molar-refractivity contribution >= 4 is 23.4 Å². The van der Waals surface area contributed by atoms with Gasteiger partial charge < -0.3 is 14.6 Å². The summed E-state index contributed by atoms with van der Waals surface area (Å²) in [7, 11) is 1.49. The van der Waals surface area contributed by atoms with Crippen LogP contribution in [0.4, 0.5) is 0 Å². The summed E-state index contributed by atoms with van der Waals surface area (Å²) < 4.78 is 10.2. The Labute approximate surface area is 135 Å². The van der Waals surface area contributed by atoms with E-state index in [0.29, 0.717) is 22.8 Å². The first-order valence-corrected chi connectivity index (χ1v) is 7.29. The van der Waals surface area contributed by atoms with Crippen molar-refractivity contribution in [3.8, 4) is 5.75 Å². The van der Waals surface area contributed by atoms with Crippen molar-refractivity contribution in [2.45, 2.75) is 33.1 Å². The van der Waals surface area contributed by atoms with E-state index in [4.69, 9.17) is 26.2 Å². The lowest BCUT2D eigenvalue weighted by Gasteiger charge is -2.22. The van der Waals surface area contributed by atoms with Crippen molar-refractivity contribution in [3.05, 3.63) is 28.8 Å². The zero-order valence-corrected chi connectivity index (χ0v) is 13.8. The number of hydrogen-bond donors (Lipinski definition) is 1. The lowest BCUT2D eigenvalue weighted by Crippen LogP contribution is -2.18. The molecular weight excluding hydrogens is 308 g/mol. The zero-order chi connectivity index (χ0) is 16.8. The maximum Gasteiger partial charge on any atom is 0.303 e. The highest BCUT2D eigenvalue weighted by Gasteiger charge is 2.24. The average Bonchev–Trinajstić information content (AvgIpc) is 2.42. The van der Waals surface area contributed by atoms with Crippen molar-refractivity contribution in [1.29, 1.82) is 0 Å². The number of rotatable bonds is 9. The van der Waals surface area contributed by atoms with Crippen molar-refractivity contribution < 1.29 is 24.2 Å². The van der Waals surface area contributed by atoms with Crippen LogP contribution in [0.3, 0.4) is 0 Å². The number of carboxylic acid groups (broad SMARTS) is 1. The fraction of sp³-hybridized carbons (Fsp3) is 0.500. The molecule has 0 heterocycles. The van der Waals surface area contributed by atoms with Crippen LogP contribution in [0.2, 0.25) is 5.02 Å². The predicted octanol–water partition coefficient (Wildman–Crippen LogP) is 3.79. The summed E-state index contributed by atoms with van der Waals surface area (Å²) >= 11 is 5.94. The van der Waals surface area contributed by atoms with E-state index in [1.807, 2.05) is 13.8 Å². The summed E-state index contributed by atoms with van der Waals surface area (Å²) in [6.45, 7) is 3.69. The highest BCUT2D eigenvalue weighted by Crippen LogP contribution is 2.30. The van der Waals surface area contributed by atoms with Crippen LogP contribution in [0, 0.1) is 5.41 Å². The molecule has 0 aliphatic carbocycles. The van der Waals surface area contributed by atoms with Gasteiger partial charge in [-0.1, -0.05) is 25.4 Å². The predicted molar refractivity (Wildman–Crippen MR) is 83.6 cm³/mol. The number of methoxy groups -OCH3 is 1. The van der Waals surface area contributed by atoms with Gasteiger partial charge in [-0.15, -0.1) is 0 Å². The van der Waals surface area contributed by atoms with E-state index in [-0.39, 0.29) is 25.4 Å². The Kier molecular flexibility index (Phi) is 6.84. The normalized spacial score (nSPS) is 11.3. The molecule has 5 nitrogen and oxygen atoms in total. The molecule has 0 aliphatic rings. The van der Waals surface area contributed by atoms with Crippen molar-refractivity contribution in [3.63, 3.8) is 0 Å². The summed E-state index contributed by atoms with van der Waals surface area (Å²) in [4.78, 5) is 23.2. The van der Waals surface area contributed by atoms with Gasteiger partial charge >= 0.3 is 5.97 Å². The van der Waals surface area contributed by atoms with Crippen LogP contribution < -0.4 is 4.74 Å². The van der Waals surface area contributed by atoms with Gasteiger partial charge in [-0.3, -0.25) is 9.59 Å². The lowest BCUT2D eigenvalue weighted by molar-refractivity contribution is -0.139. The molecule has 22 heavy (non-hydrogen) atoms. The molecule has 0 unspecified atom stereocenters. The van der Waals surface area contributed by atoms with E-state index in [1.165, 1.54) is 7.11 Å². The highest BCUT2D eigenvalue weighted by atomic mass is 35.5. The smallest absolute Gasteiger partial charge is 0.303 e. The Balaban J connectivity index is 2.80. The first-order valence-electron chi connectivity index (χ1n) is 6.91. The minimum absolute atomic E-state index is 0.0167. The fourth-order valence-electron chi connectivity index (χ4n) is 2.05. The summed E-state index contributed by atoms with van der Waals surface area (Å²) in [6.07, 6.45) is 0.710. The molecule has 6 heteroatoms. The molecule has 0 radical (unpaired) electrons. The maximum absolute atomic E-state index is 12.4. The van der Waals surface area contributed by atoms with Gasteiger partial charge in [0.1, 0.15) is 5.75 Å². The van der Waals surface area contributed by atoms with Crippen LogP contribution in [-0.4, -0.2) is 30.8 Å². The Bertz CT molecular complexity index is 539. The number of ketones is 1. The Morgan fingerprint density at radius 3 is 2.59 bits per heavy atom. The van der Waals surface area contributed by atoms with Gasteiger partial charge in [0.05, 0.1) is 12.0 Å². The van der Waals surface area contributed by atoms with E-state index in [0.717, 1.165) is 0 Å². The van der Waals surface area contributed by atoms with Crippen LogP contribution >= 0.6 is 11.6 Å². The van der Waals surface area contributed by atoms with Gasteiger partial charge in [0.25, 0.3) is 0 Å². The quantitative estimate of drug-likeness (QED) is 0.551. The van der Waals surface area contributed by atoms with Crippen molar-refractivity contribution in [2.24, 2.45) is 5.41 Å². The number of halogens is 1. The summed E-state index contributed by atoms with van der Waals surface area (Å²) in [5, 5.41) is 9.32. The van der Waals surface area contributed by atoms with Gasteiger partial charge in [-0.05, 0) is 30.0 Å². The lowest BCUT2D eigenvalue weighted by atomic mass is 9.83. The van der Waals surface area contributed by atoms with Gasteiger partial charge in [0.2, 0.25) is 0 Å². The summed E-state index contributed by atoms with van der Waals surface area (Å²) in [5.41, 5.74) is -0.0659. The van der Waals surface area contributed by atoms with Crippen molar-refractivity contribution in [1.82, 2.24) is 0 Å². The summed E-state index contributed by atoms with van der Waals surface area (Å²) in [5.74, 6) is -0.594. The number of ether oxygens (including phenoxy) is 2. The molecule has 1 rings (SSSR count). The van der Waals surface area contributed by atoms with Crippen LogP contribution in [0.5, 0.6) is 5.75 Å². The molecule has 0 fully saturated rings. The fourth-order valence-corrected chi connectivity index (χ4v) is 2.22. The van der Waals surface area contributed by atoms with E-state index in [9.17, 15) is 9.59 Å². The number of benzene rings is 1. The second-order valence-electron chi connectivity index (χ2n) is 5.85. The maximum atomic E-state index is 12.4. The Morgan fingerprint density at radius 1 is 1.32 bits per heavy atom. The van der Waals surface area contributed by atoms with Crippen LogP contribution in [0.1, 0.15) is 43.5 Å². The minimum Gasteiger partial charge on any atom is -0.481 e. The third-order valence-corrected chi connectivity index (χ3v) is 3.47. The molecule has 0 amide bonds. The molecule has 0 bridgehead atoms. The summed E-state index contributed by atoms with van der Waals surface area (Å²) in [6, 6.07) is 4.81. The van der Waals surface area contributed by atoms with Gasteiger partial charge in [-0.25, -0.2) is 0 Å². The second kappa shape index (κ2) is 8.15. The third-order valence-electron chi connectivity index (χ3n) is 3.23. The van der Waals surface area contributed by atoms with E-state index >= 15 is 0 Å². The molecule has 1 aromatic rings. The van der Waals surface area contributed by atoms with Crippen molar-refractivity contribution in [2.75, 3.05) is 13.9 Å². The van der Waals surface area contributed by atoms with Gasteiger partial charge in [0.15, 0.2) is 12.6 Å². The highest BCUT2D eigenvalue weighted by molar-refractivity contribution is 6.31. The molecule has 0 saturated carbocycles. The Morgan fingerprint density at radius 2 is 2.00 bits per heavy atom. The second-order valence-corrected chi connectivity index (χ2v) is 6.29. The molecule has 1 N–H and O–H groups in total. The van der Waals surface area contributed by atoms with Crippen LogP contribution in [0.15, 0.2) is 18.2 Å². The SMILES string of the molecule is COCOc1ccc(Cl)cc1C(=O)CCC(C)(C)CC(=O)O. The topological polar surface area (TPSA) is 72.8 Å². The molecule has 0 atom stereocenters. The van der Waals surface area contributed by atoms with E-state index in [1.54, 1.807) is 18.2 Å². The van der Waals surface area contributed by atoms with Gasteiger partial charge in [-0.2, -0.15) is 0 Å². The number of hydrogen-bond acceptors (Lipinski definition) is 4. The van der Waals surface area contributed by atoms with E-state index < -0.39 is 11.4 Å². The molecule has 0 aliphatic heterocycles. The van der Waals surface area contributed by atoms with E-state index in [2.05, 4.69) is 0 Å². The number of carboxylic acids is 1. The number of carbonyl (C=O) groups is 2. The monoisotopic (exact) mass is 328 g/mol. The molecule has 0 aromatic heterocycles. The molecule has 0 saturated heterocycles. The molecular formula is C16H21ClO5. The largest absolute Gasteiger partial charge is 0.481 e. The molecule has 122 valence electrons. The number of carbonyl (C=O) groups excluding carboxylic acids is 1. The molecule has 1 aromatic carbocycles. The minimum atomic E-state index is -0.871. The first-order chi connectivity index (χ1) is 10.2. The standard InChI is InChI=1S/C16H21ClO5/c1-16(2,9-15(19)20)7-6-13(18)12-8-11(17)4-5-14(12)22-10-21-3/h4-5,8H,6-7,9-10H2,1-3H3,(H,19,20). The first kappa shape index (κ1) is 18.5. The van der Waals surface area contributed by atoms with Gasteiger partial charge in [0, 0.05) is 18.6 Å². The van der Waals surface area contributed by atoms with Crippen LogP contribution in [-0.2, 0) is 9.53 Å². The third kappa shape index (κ3) is 6.03. The average molecular weight is 329 g/mol. The number of aliphatic carboxylic acids is 1. The zero-order valence-electron chi connectivity index (χ0n) is 13.0. The molecule has 0 spiro atoms.